The van der Waals surface area contributed by atoms with Crippen molar-refractivity contribution < 1.29 is 14.0 Å². The number of carbonyl (C=O) groups is 2. The van der Waals surface area contributed by atoms with Crippen molar-refractivity contribution in [2.45, 2.75) is 19.5 Å². The number of nitrogens with zero attached hydrogens (tertiary/aromatic N) is 3. The van der Waals surface area contributed by atoms with E-state index in [9.17, 15) is 19.2 Å². The fourth-order valence-electron chi connectivity index (χ4n) is 3.89. The SMILES string of the molecule is CN(C(=O)C1CC(=O)N(Cc2ccco2)C1)c1c(N)n(Cc2ccccc2)c(=O)[nH]c1=O. The van der Waals surface area contributed by atoms with E-state index in [0.29, 0.717) is 5.76 Å². The number of aromatic nitrogens is 2. The Morgan fingerprint density at radius 2 is 1.91 bits per heavy atom. The first-order valence-electron chi connectivity index (χ1n) is 10.1. The molecule has 1 fully saturated rings. The first-order chi connectivity index (χ1) is 15.3. The van der Waals surface area contributed by atoms with Crippen molar-refractivity contribution in [2.24, 2.45) is 5.92 Å². The summed E-state index contributed by atoms with van der Waals surface area (Å²) in [7, 11) is 1.42. The molecule has 0 aliphatic carbocycles. The Hall–Kier alpha value is -4.08. The molecule has 1 aliphatic heterocycles. The van der Waals surface area contributed by atoms with Gasteiger partial charge in [-0.25, -0.2) is 4.79 Å². The summed E-state index contributed by atoms with van der Waals surface area (Å²) in [5, 5.41) is 0. The first kappa shape index (κ1) is 21.2. The summed E-state index contributed by atoms with van der Waals surface area (Å²) < 4.78 is 6.48. The van der Waals surface area contributed by atoms with Crippen LogP contribution in [0.3, 0.4) is 0 Å². The van der Waals surface area contributed by atoms with E-state index in [1.54, 1.807) is 17.0 Å². The molecule has 1 aliphatic rings. The fraction of sp³-hybridized carbons (Fsp3) is 0.273. The van der Waals surface area contributed by atoms with Gasteiger partial charge in [-0.2, -0.15) is 0 Å². The Bertz CT molecular complexity index is 1250. The summed E-state index contributed by atoms with van der Waals surface area (Å²) in [4.78, 5) is 55.3. The number of nitrogens with one attached hydrogen (secondary N) is 1. The van der Waals surface area contributed by atoms with E-state index < -0.39 is 23.1 Å². The van der Waals surface area contributed by atoms with Crippen molar-refractivity contribution in [3.8, 4) is 0 Å². The molecule has 0 saturated carbocycles. The van der Waals surface area contributed by atoms with Crippen LogP contribution in [0.2, 0.25) is 0 Å². The highest BCUT2D eigenvalue weighted by atomic mass is 16.3. The van der Waals surface area contributed by atoms with Crippen LogP contribution in [-0.4, -0.2) is 39.9 Å². The Morgan fingerprint density at radius 1 is 1.16 bits per heavy atom. The zero-order valence-electron chi connectivity index (χ0n) is 17.5. The minimum Gasteiger partial charge on any atom is -0.467 e. The highest BCUT2D eigenvalue weighted by Crippen LogP contribution is 2.25. The molecular weight excluding hydrogens is 414 g/mol. The van der Waals surface area contributed by atoms with Crippen molar-refractivity contribution in [1.82, 2.24) is 14.5 Å². The molecular formula is C22H23N5O5. The number of aromatic amines is 1. The monoisotopic (exact) mass is 437 g/mol. The maximum Gasteiger partial charge on any atom is 0.330 e. The van der Waals surface area contributed by atoms with Crippen molar-refractivity contribution in [3.63, 3.8) is 0 Å². The Labute approximate surface area is 182 Å². The number of carbonyl (C=O) groups excluding carboxylic acids is 2. The number of nitrogen functional groups attached to an aromatic ring is 1. The smallest absolute Gasteiger partial charge is 0.330 e. The summed E-state index contributed by atoms with van der Waals surface area (Å²) in [5.41, 5.74) is 5.44. The van der Waals surface area contributed by atoms with Crippen LogP contribution in [-0.2, 0) is 22.7 Å². The maximum atomic E-state index is 13.1. The third-order valence-electron chi connectivity index (χ3n) is 5.55. The molecule has 1 atom stereocenters. The molecule has 0 radical (unpaired) electrons. The molecule has 2 aromatic heterocycles. The van der Waals surface area contributed by atoms with Crippen LogP contribution in [0.1, 0.15) is 17.7 Å². The summed E-state index contributed by atoms with van der Waals surface area (Å²) in [6.07, 6.45) is 1.54. The Morgan fingerprint density at radius 3 is 2.59 bits per heavy atom. The average molecular weight is 437 g/mol. The summed E-state index contributed by atoms with van der Waals surface area (Å²) in [6, 6.07) is 12.6. The zero-order chi connectivity index (χ0) is 22.8. The topological polar surface area (TPSA) is 135 Å². The van der Waals surface area contributed by atoms with Gasteiger partial charge in [0.05, 0.1) is 25.3 Å². The van der Waals surface area contributed by atoms with Crippen molar-refractivity contribution in [1.29, 1.82) is 0 Å². The highest BCUT2D eigenvalue weighted by molar-refractivity contribution is 6.00. The molecule has 3 heterocycles. The van der Waals surface area contributed by atoms with Crippen molar-refractivity contribution >= 4 is 23.3 Å². The first-order valence-corrected chi connectivity index (χ1v) is 10.1. The third kappa shape index (κ3) is 4.07. The van der Waals surface area contributed by atoms with Crippen LogP contribution < -0.4 is 21.9 Å². The van der Waals surface area contributed by atoms with Crippen molar-refractivity contribution in [3.05, 3.63) is 80.9 Å². The molecule has 32 heavy (non-hydrogen) atoms. The van der Waals surface area contributed by atoms with Gasteiger partial charge < -0.3 is 20.0 Å². The molecule has 1 aromatic carbocycles. The molecule has 10 nitrogen and oxygen atoms in total. The number of likely N-dealkylation sites (tertiary alicyclic amines) is 1. The lowest BCUT2D eigenvalue weighted by Crippen LogP contribution is -2.42. The van der Waals surface area contributed by atoms with Gasteiger partial charge in [-0.05, 0) is 17.7 Å². The summed E-state index contributed by atoms with van der Waals surface area (Å²) in [5.74, 6) is -0.744. The maximum absolute atomic E-state index is 13.1. The van der Waals surface area contributed by atoms with Crippen LogP contribution in [0.15, 0.2) is 62.7 Å². The molecule has 2 amide bonds. The number of amides is 2. The number of H-pyrrole nitrogens is 1. The lowest BCUT2D eigenvalue weighted by molar-refractivity contribution is -0.129. The number of hydrogen-bond donors (Lipinski definition) is 2. The minimum atomic E-state index is -0.760. The summed E-state index contributed by atoms with van der Waals surface area (Å²) >= 11 is 0. The van der Waals surface area contributed by atoms with Gasteiger partial charge in [0.15, 0.2) is 5.69 Å². The predicted molar refractivity (Wildman–Crippen MR) is 117 cm³/mol. The van der Waals surface area contributed by atoms with E-state index in [1.165, 1.54) is 17.9 Å². The van der Waals surface area contributed by atoms with E-state index in [1.807, 2.05) is 30.3 Å². The largest absolute Gasteiger partial charge is 0.467 e. The number of hydrogen-bond acceptors (Lipinski definition) is 6. The predicted octanol–water partition coefficient (Wildman–Crippen LogP) is 0.772. The number of benzene rings is 1. The zero-order valence-corrected chi connectivity index (χ0v) is 17.5. The second-order valence-corrected chi connectivity index (χ2v) is 7.72. The lowest BCUT2D eigenvalue weighted by atomic mass is 10.1. The van der Waals surface area contributed by atoms with Crippen molar-refractivity contribution in [2.75, 3.05) is 24.2 Å². The van der Waals surface area contributed by atoms with Crippen LogP contribution in [0.25, 0.3) is 0 Å². The average Bonchev–Trinajstić information content (AvgIpc) is 3.41. The molecule has 3 aromatic rings. The molecule has 1 saturated heterocycles. The third-order valence-corrected chi connectivity index (χ3v) is 5.55. The van der Waals surface area contributed by atoms with E-state index in [2.05, 4.69) is 4.98 Å². The molecule has 10 heteroatoms. The van der Waals surface area contributed by atoms with E-state index in [0.717, 1.165) is 10.5 Å². The summed E-state index contributed by atoms with van der Waals surface area (Å²) in [6.45, 7) is 0.602. The van der Waals surface area contributed by atoms with Gasteiger partial charge in [0.2, 0.25) is 11.8 Å². The molecule has 166 valence electrons. The Balaban J connectivity index is 1.57. The molecule has 4 rings (SSSR count). The molecule has 0 bridgehead atoms. The van der Waals surface area contributed by atoms with Gasteiger partial charge in [0, 0.05) is 20.0 Å². The van der Waals surface area contributed by atoms with Crippen LogP contribution in [0, 0.1) is 5.92 Å². The number of rotatable bonds is 6. The quantitative estimate of drug-likeness (QED) is 0.585. The second kappa shape index (κ2) is 8.58. The van der Waals surface area contributed by atoms with Gasteiger partial charge in [-0.3, -0.25) is 23.9 Å². The minimum absolute atomic E-state index is 0.0192. The van der Waals surface area contributed by atoms with Gasteiger partial charge in [-0.1, -0.05) is 30.3 Å². The van der Waals surface area contributed by atoms with E-state index in [-0.39, 0.29) is 43.5 Å². The van der Waals surface area contributed by atoms with Crippen LogP contribution >= 0.6 is 0 Å². The van der Waals surface area contributed by atoms with Gasteiger partial charge in [-0.15, -0.1) is 0 Å². The number of nitrogens with two attached hydrogens (primary N) is 1. The number of anilines is 2. The van der Waals surface area contributed by atoms with Gasteiger partial charge >= 0.3 is 5.69 Å². The van der Waals surface area contributed by atoms with Crippen LogP contribution in [0.5, 0.6) is 0 Å². The molecule has 3 N–H and O–H groups in total. The molecule has 0 spiro atoms. The van der Waals surface area contributed by atoms with Crippen LogP contribution in [0.4, 0.5) is 11.5 Å². The Kier molecular flexibility index (Phi) is 5.67. The number of furan rings is 1. The van der Waals surface area contributed by atoms with E-state index in [4.69, 9.17) is 10.2 Å². The standard InChI is InChI=1S/C22H23N5O5/c1-25(21(30)15-10-17(28)26(12-15)13-16-8-5-9-32-16)18-19(23)27(22(31)24-20(18)29)11-14-6-3-2-4-7-14/h2-9,15H,10-13,23H2,1H3,(H,24,29,31). The van der Waals surface area contributed by atoms with Gasteiger partial charge in [0.1, 0.15) is 11.6 Å². The molecule has 1 unspecified atom stereocenters. The second-order valence-electron chi connectivity index (χ2n) is 7.72. The highest BCUT2D eigenvalue weighted by Gasteiger charge is 2.37. The fourth-order valence-corrected chi connectivity index (χ4v) is 3.89. The van der Waals surface area contributed by atoms with Gasteiger partial charge in [0.25, 0.3) is 5.56 Å². The lowest BCUT2D eigenvalue weighted by Gasteiger charge is -2.23. The normalized spacial score (nSPS) is 15.8. The van der Waals surface area contributed by atoms with E-state index >= 15 is 0 Å².